The molecule has 73 heavy (non-hydrogen) atoms. The first-order chi connectivity index (χ1) is 36.0. The van der Waals surface area contributed by atoms with Crippen molar-refractivity contribution >= 4 is 17.9 Å². The molecule has 0 saturated heterocycles. The quantitative estimate of drug-likeness (QED) is 0.0261. The predicted molar refractivity (Wildman–Crippen MR) is 316 cm³/mol. The molecule has 0 N–H and O–H groups in total. The van der Waals surface area contributed by atoms with Crippen LogP contribution in [0.5, 0.6) is 0 Å². The van der Waals surface area contributed by atoms with E-state index >= 15 is 0 Å². The lowest BCUT2D eigenvalue weighted by atomic mass is 10.0. The van der Waals surface area contributed by atoms with E-state index in [0.717, 1.165) is 64.2 Å². The first kappa shape index (κ1) is 70.6. The average molecular weight is 1030 g/mol. The summed E-state index contributed by atoms with van der Waals surface area (Å²) in [6.07, 6.45) is 75.8. The molecule has 0 aromatic rings. The minimum absolute atomic E-state index is 0.0692. The summed E-state index contributed by atoms with van der Waals surface area (Å²) < 4.78 is 16.9. The Morgan fingerprint density at radius 3 is 0.767 bits per heavy atom. The minimum atomic E-state index is -0.771. The molecule has 1 unspecified atom stereocenters. The molecule has 0 amide bonds. The maximum Gasteiger partial charge on any atom is 0.306 e. The molecule has 6 heteroatoms. The van der Waals surface area contributed by atoms with Crippen molar-refractivity contribution in [2.24, 2.45) is 0 Å². The van der Waals surface area contributed by atoms with Gasteiger partial charge in [-0.15, -0.1) is 0 Å². The second-order valence-corrected chi connectivity index (χ2v) is 22.0. The molecular weight excluding hydrogens is 901 g/mol. The lowest BCUT2D eigenvalue weighted by Gasteiger charge is -2.18. The third-order valence-electron chi connectivity index (χ3n) is 14.6. The highest BCUT2D eigenvalue weighted by atomic mass is 16.6. The van der Waals surface area contributed by atoms with Crippen LogP contribution in [0.2, 0.25) is 0 Å². The van der Waals surface area contributed by atoms with Crippen molar-refractivity contribution in [2.75, 3.05) is 13.2 Å². The lowest BCUT2D eigenvalue weighted by molar-refractivity contribution is -0.167. The van der Waals surface area contributed by atoms with Crippen LogP contribution in [0.3, 0.4) is 0 Å². The first-order valence-electron chi connectivity index (χ1n) is 32.5. The van der Waals surface area contributed by atoms with Gasteiger partial charge in [-0.3, -0.25) is 14.4 Å². The molecule has 0 heterocycles. The van der Waals surface area contributed by atoms with Gasteiger partial charge < -0.3 is 14.2 Å². The SMILES string of the molecule is CCCCCCC/C=C\C/C=C\CCCCCCCCCCCCCC(=O)OCC(COC(=O)CCCCCCCCCCCCC)OC(=O)CCCCCCCCCCC/C=C\CCCCCCCCCC. The van der Waals surface area contributed by atoms with Crippen LogP contribution in [0.25, 0.3) is 0 Å². The van der Waals surface area contributed by atoms with E-state index in [-0.39, 0.29) is 31.1 Å². The molecule has 0 aromatic carbocycles. The molecule has 0 radical (unpaired) electrons. The maximum atomic E-state index is 12.9. The Labute approximate surface area is 455 Å². The van der Waals surface area contributed by atoms with Gasteiger partial charge in [0, 0.05) is 19.3 Å². The van der Waals surface area contributed by atoms with Crippen LogP contribution in [-0.2, 0) is 28.6 Å². The van der Waals surface area contributed by atoms with Crippen LogP contribution in [0.1, 0.15) is 355 Å². The Kier molecular flexibility index (Phi) is 60.2. The molecule has 0 bridgehead atoms. The molecule has 0 saturated carbocycles. The van der Waals surface area contributed by atoms with Crippen molar-refractivity contribution in [1.29, 1.82) is 0 Å². The van der Waals surface area contributed by atoms with Gasteiger partial charge in [-0.05, 0) is 77.0 Å². The van der Waals surface area contributed by atoms with Crippen molar-refractivity contribution in [2.45, 2.75) is 361 Å². The molecule has 0 spiro atoms. The number of carbonyl (C=O) groups is 3. The average Bonchev–Trinajstić information content (AvgIpc) is 3.39. The number of hydrogen-bond acceptors (Lipinski definition) is 6. The van der Waals surface area contributed by atoms with E-state index in [0.29, 0.717) is 19.3 Å². The summed E-state index contributed by atoms with van der Waals surface area (Å²) >= 11 is 0. The second-order valence-electron chi connectivity index (χ2n) is 22.0. The van der Waals surface area contributed by atoms with E-state index in [9.17, 15) is 14.4 Å². The third-order valence-corrected chi connectivity index (χ3v) is 14.6. The monoisotopic (exact) mass is 1020 g/mol. The van der Waals surface area contributed by atoms with Crippen molar-refractivity contribution in [3.05, 3.63) is 36.5 Å². The smallest absolute Gasteiger partial charge is 0.306 e. The number of unbranched alkanes of at least 4 members (excludes halogenated alkanes) is 43. The van der Waals surface area contributed by atoms with E-state index in [1.165, 1.54) is 250 Å². The molecule has 1 atom stereocenters. The number of hydrogen-bond donors (Lipinski definition) is 0. The summed E-state index contributed by atoms with van der Waals surface area (Å²) in [7, 11) is 0. The van der Waals surface area contributed by atoms with Gasteiger partial charge in [0.05, 0.1) is 0 Å². The van der Waals surface area contributed by atoms with Crippen LogP contribution in [0.15, 0.2) is 36.5 Å². The summed E-state index contributed by atoms with van der Waals surface area (Å²) in [4.78, 5) is 38.3. The minimum Gasteiger partial charge on any atom is -0.462 e. The molecule has 428 valence electrons. The van der Waals surface area contributed by atoms with Gasteiger partial charge in [0.1, 0.15) is 13.2 Å². The summed E-state index contributed by atoms with van der Waals surface area (Å²) in [5, 5.41) is 0. The number of rotatable bonds is 60. The molecule has 6 nitrogen and oxygen atoms in total. The fourth-order valence-electron chi connectivity index (χ4n) is 9.71. The van der Waals surface area contributed by atoms with Crippen molar-refractivity contribution in [3.8, 4) is 0 Å². The molecule has 0 rings (SSSR count). The van der Waals surface area contributed by atoms with E-state index in [1.807, 2.05) is 0 Å². The van der Waals surface area contributed by atoms with Gasteiger partial charge in [-0.1, -0.05) is 295 Å². The van der Waals surface area contributed by atoms with E-state index in [4.69, 9.17) is 14.2 Å². The van der Waals surface area contributed by atoms with Gasteiger partial charge in [0.25, 0.3) is 0 Å². The van der Waals surface area contributed by atoms with Crippen LogP contribution < -0.4 is 0 Å². The van der Waals surface area contributed by atoms with Crippen LogP contribution >= 0.6 is 0 Å². The van der Waals surface area contributed by atoms with Crippen LogP contribution in [0.4, 0.5) is 0 Å². The number of carbonyl (C=O) groups excluding carboxylic acids is 3. The standard InChI is InChI=1S/C67H124O6/c1-4-7-10-13-16-19-22-24-26-28-30-32-33-35-36-38-40-42-45-48-51-54-57-60-66(69)72-63-64(62-71-65(68)59-56-53-50-47-44-21-18-15-12-9-6-3)73-67(70)61-58-55-52-49-46-43-41-39-37-34-31-29-27-25-23-20-17-14-11-8-5-2/h22,24,28-31,64H,4-21,23,25-27,32-63H2,1-3H3/b24-22-,30-28-,31-29-. The van der Waals surface area contributed by atoms with Crippen LogP contribution in [0, 0.1) is 0 Å². The molecule has 0 aliphatic rings. The third kappa shape index (κ3) is 60.4. The Hall–Kier alpha value is -2.37. The fraction of sp³-hybridized carbons (Fsp3) is 0.866. The fourth-order valence-corrected chi connectivity index (χ4v) is 9.71. The highest BCUT2D eigenvalue weighted by Crippen LogP contribution is 2.17. The normalized spacial score (nSPS) is 12.2. The Balaban J connectivity index is 4.24. The van der Waals surface area contributed by atoms with Gasteiger partial charge in [0.15, 0.2) is 6.10 Å². The number of esters is 3. The molecule has 0 aromatic heterocycles. The van der Waals surface area contributed by atoms with Crippen molar-refractivity contribution in [1.82, 2.24) is 0 Å². The zero-order valence-corrected chi connectivity index (χ0v) is 49.2. The number of allylic oxidation sites excluding steroid dienone is 6. The highest BCUT2D eigenvalue weighted by molar-refractivity contribution is 5.71. The van der Waals surface area contributed by atoms with E-state index in [1.54, 1.807) is 0 Å². The zero-order chi connectivity index (χ0) is 52.9. The summed E-state index contributed by atoms with van der Waals surface area (Å²) in [6, 6.07) is 0. The second kappa shape index (κ2) is 62.2. The lowest BCUT2D eigenvalue weighted by Crippen LogP contribution is -2.30. The zero-order valence-electron chi connectivity index (χ0n) is 49.2. The number of ether oxygens (including phenoxy) is 3. The summed E-state index contributed by atoms with van der Waals surface area (Å²) in [5.74, 6) is -0.852. The Morgan fingerprint density at radius 1 is 0.274 bits per heavy atom. The van der Waals surface area contributed by atoms with Gasteiger partial charge in [0.2, 0.25) is 0 Å². The molecule has 0 fully saturated rings. The van der Waals surface area contributed by atoms with Crippen molar-refractivity contribution < 1.29 is 28.6 Å². The van der Waals surface area contributed by atoms with Gasteiger partial charge in [-0.25, -0.2) is 0 Å². The Bertz CT molecular complexity index is 1220. The molecule has 0 aliphatic heterocycles. The van der Waals surface area contributed by atoms with E-state index < -0.39 is 6.10 Å². The van der Waals surface area contributed by atoms with Gasteiger partial charge >= 0.3 is 17.9 Å². The van der Waals surface area contributed by atoms with Crippen molar-refractivity contribution in [3.63, 3.8) is 0 Å². The van der Waals surface area contributed by atoms with Gasteiger partial charge in [-0.2, -0.15) is 0 Å². The molecule has 0 aliphatic carbocycles. The summed E-state index contributed by atoms with van der Waals surface area (Å²) in [5.41, 5.74) is 0. The Morgan fingerprint density at radius 2 is 0.493 bits per heavy atom. The van der Waals surface area contributed by atoms with Crippen LogP contribution in [-0.4, -0.2) is 37.2 Å². The predicted octanol–water partition coefficient (Wildman–Crippen LogP) is 22.0. The van der Waals surface area contributed by atoms with E-state index in [2.05, 4.69) is 57.2 Å². The molecular formula is C67H124O6. The topological polar surface area (TPSA) is 78.9 Å². The maximum absolute atomic E-state index is 12.9. The summed E-state index contributed by atoms with van der Waals surface area (Å²) in [6.45, 7) is 6.67. The largest absolute Gasteiger partial charge is 0.462 e. The first-order valence-corrected chi connectivity index (χ1v) is 32.5. The highest BCUT2D eigenvalue weighted by Gasteiger charge is 2.19.